The number of aryl methyl sites for hydroxylation is 2. The van der Waals surface area contributed by atoms with E-state index in [-0.39, 0.29) is 0 Å². The van der Waals surface area contributed by atoms with Gasteiger partial charge in [-0.2, -0.15) is 0 Å². The Hall–Kier alpha value is -2.10. The fourth-order valence-electron chi connectivity index (χ4n) is 2.73. The average molecular weight is 284 g/mol. The van der Waals surface area contributed by atoms with Crippen molar-refractivity contribution in [2.75, 3.05) is 13.7 Å². The molecule has 0 saturated carbocycles. The Morgan fingerprint density at radius 1 is 1.33 bits per heavy atom. The van der Waals surface area contributed by atoms with Crippen molar-refractivity contribution in [1.29, 1.82) is 0 Å². The molecule has 0 saturated heterocycles. The number of rotatable bonds is 3. The molecule has 1 aliphatic heterocycles. The molecule has 1 aliphatic rings. The van der Waals surface area contributed by atoms with Crippen LogP contribution in [0.3, 0.4) is 0 Å². The topological polar surface area (TPSA) is 44.2 Å². The van der Waals surface area contributed by atoms with Gasteiger partial charge in [-0.1, -0.05) is 6.07 Å². The van der Waals surface area contributed by atoms with Gasteiger partial charge in [0.2, 0.25) is 0 Å². The maximum atomic E-state index is 5.89. The molecule has 0 aliphatic carbocycles. The second-order valence-electron chi connectivity index (χ2n) is 5.60. The lowest BCUT2D eigenvalue weighted by Crippen LogP contribution is -2.23. The highest BCUT2D eigenvalue weighted by atomic mass is 16.5. The summed E-state index contributed by atoms with van der Waals surface area (Å²) < 4.78 is 11.1. The summed E-state index contributed by atoms with van der Waals surface area (Å²) in [5.74, 6) is 2.23. The minimum atomic E-state index is 0.445. The molecule has 1 aromatic heterocycles. The monoisotopic (exact) mass is 284 g/mol. The standard InChI is InChI=1S/C17H20N2O2/c1-11-9-18-12(2)16(19-11)7-13-6-14-4-5-15(20-3)8-17(14)21-10-13/h4-5,8-9,13H,6-7,10H2,1-3H3/t13-/m1/s1. The van der Waals surface area contributed by atoms with Gasteiger partial charge in [0.15, 0.2) is 0 Å². The van der Waals surface area contributed by atoms with Crippen LogP contribution in [0.5, 0.6) is 11.5 Å². The first-order valence-corrected chi connectivity index (χ1v) is 7.24. The Morgan fingerprint density at radius 2 is 2.19 bits per heavy atom. The van der Waals surface area contributed by atoms with Gasteiger partial charge >= 0.3 is 0 Å². The van der Waals surface area contributed by atoms with Crippen molar-refractivity contribution in [1.82, 2.24) is 9.97 Å². The first-order chi connectivity index (χ1) is 10.2. The van der Waals surface area contributed by atoms with Crippen molar-refractivity contribution >= 4 is 0 Å². The van der Waals surface area contributed by atoms with Gasteiger partial charge in [0.1, 0.15) is 11.5 Å². The molecule has 0 unspecified atom stereocenters. The molecule has 1 atom stereocenters. The number of methoxy groups -OCH3 is 1. The van der Waals surface area contributed by atoms with Crippen LogP contribution in [0.4, 0.5) is 0 Å². The minimum absolute atomic E-state index is 0.445. The molecule has 4 nitrogen and oxygen atoms in total. The van der Waals surface area contributed by atoms with Crippen LogP contribution in [-0.2, 0) is 12.8 Å². The van der Waals surface area contributed by atoms with Gasteiger partial charge in [0, 0.05) is 18.2 Å². The Balaban J connectivity index is 1.76. The predicted octanol–water partition coefficient (Wildman–Crippen LogP) is 2.90. The van der Waals surface area contributed by atoms with Gasteiger partial charge in [-0.25, -0.2) is 0 Å². The minimum Gasteiger partial charge on any atom is -0.497 e. The summed E-state index contributed by atoms with van der Waals surface area (Å²) in [5.41, 5.74) is 4.31. The first-order valence-electron chi connectivity index (χ1n) is 7.24. The summed E-state index contributed by atoms with van der Waals surface area (Å²) >= 11 is 0. The molecular weight excluding hydrogens is 264 g/mol. The summed E-state index contributed by atoms with van der Waals surface area (Å²) in [6, 6.07) is 6.04. The van der Waals surface area contributed by atoms with E-state index < -0.39 is 0 Å². The van der Waals surface area contributed by atoms with Crippen molar-refractivity contribution in [2.45, 2.75) is 26.7 Å². The third-order valence-corrected chi connectivity index (χ3v) is 3.91. The van der Waals surface area contributed by atoms with E-state index in [9.17, 15) is 0 Å². The van der Waals surface area contributed by atoms with Crippen molar-refractivity contribution in [3.63, 3.8) is 0 Å². The number of hydrogen-bond donors (Lipinski definition) is 0. The van der Waals surface area contributed by atoms with Crippen LogP contribution in [0, 0.1) is 19.8 Å². The predicted molar refractivity (Wildman–Crippen MR) is 80.9 cm³/mol. The Labute approximate surface area is 125 Å². The first kappa shape index (κ1) is 13.9. The van der Waals surface area contributed by atoms with Crippen LogP contribution in [0.2, 0.25) is 0 Å². The summed E-state index contributed by atoms with van der Waals surface area (Å²) in [5, 5.41) is 0. The maximum absolute atomic E-state index is 5.89. The third-order valence-electron chi connectivity index (χ3n) is 3.91. The molecular formula is C17H20N2O2. The van der Waals surface area contributed by atoms with Crippen molar-refractivity contribution in [2.24, 2.45) is 5.92 Å². The van der Waals surface area contributed by atoms with E-state index >= 15 is 0 Å². The lowest BCUT2D eigenvalue weighted by molar-refractivity contribution is 0.219. The van der Waals surface area contributed by atoms with Gasteiger partial charge in [0.05, 0.1) is 30.8 Å². The fraction of sp³-hybridized carbons (Fsp3) is 0.412. The Bertz CT molecular complexity index is 655. The number of ether oxygens (including phenoxy) is 2. The summed E-state index contributed by atoms with van der Waals surface area (Å²) in [6.07, 6.45) is 3.73. The molecule has 1 aromatic carbocycles. The second-order valence-corrected chi connectivity index (χ2v) is 5.60. The average Bonchev–Trinajstić information content (AvgIpc) is 2.50. The van der Waals surface area contributed by atoms with E-state index in [1.165, 1.54) is 5.56 Å². The lowest BCUT2D eigenvalue weighted by atomic mass is 9.92. The molecule has 0 N–H and O–H groups in total. The smallest absolute Gasteiger partial charge is 0.126 e. The zero-order valence-corrected chi connectivity index (χ0v) is 12.7. The molecule has 4 heteroatoms. The molecule has 110 valence electrons. The molecule has 3 rings (SSSR count). The third kappa shape index (κ3) is 2.99. The molecule has 2 heterocycles. The molecule has 0 amide bonds. The number of benzene rings is 1. The van der Waals surface area contributed by atoms with Gasteiger partial charge in [-0.3, -0.25) is 9.97 Å². The quantitative estimate of drug-likeness (QED) is 0.869. The normalized spacial score (nSPS) is 17.0. The van der Waals surface area contributed by atoms with E-state index in [0.29, 0.717) is 5.92 Å². The van der Waals surface area contributed by atoms with Gasteiger partial charge in [0.25, 0.3) is 0 Å². The molecule has 2 aromatic rings. The molecule has 21 heavy (non-hydrogen) atoms. The van der Waals surface area contributed by atoms with E-state index in [2.05, 4.69) is 16.0 Å². The number of aromatic nitrogens is 2. The molecule has 0 fully saturated rings. The van der Waals surface area contributed by atoms with E-state index in [4.69, 9.17) is 9.47 Å². The van der Waals surface area contributed by atoms with Crippen LogP contribution >= 0.6 is 0 Å². The zero-order valence-electron chi connectivity index (χ0n) is 12.7. The zero-order chi connectivity index (χ0) is 14.8. The van der Waals surface area contributed by atoms with E-state index in [1.54, 1.807) is 7.11 Å². The molecule has 0 spiro atoms. The Morgan fingerprint density at radius 3 is 3.00 bits per heavy atom. The largest absolute Gasteiger partial charge is 0.497 e. The maximum Gasteiger partial charge on any atom is 0.126 e. The van der Waals surface area contributed by atoms with Crippen molar-refractivity contribution in [3.8, 4) is 11.5 Å². The highest BCUT2D eigenvalue weighted by Gasteiger charge is 2.22. The summed E-state index contributed by atoms with van der Waals surface area (Å²) in [6.45, 7) is 4.72. The highest BCUT2D eigenvalue weighted by molar-refractivity contribution is 5.42. The van der Waals surface area contributed by atoms with Crippen molar-refractivity contribution in [3.05, 3.63) is 47.0 Å². The van der Waals surface area contributed by atoms with Crippen LogP contribution < -0.4 is 9.47 Å². The van der Waals surface area contributed by atoms with Gasteiger partial charge in [-0.05, 0) is 38.3 Å². The fourth-order valence-corrected chi connectivity index (χ4v) is 2.73. The Kier molecular flexibility index (Phi) is 3.78. The van der Waals surface area contributed by atoms with Gasteiger partial charge < -0.3 is 9.47 Å². The molecule has 0 bridgehead atoms. The van der Waals surface area contributed by atoms with Crippen LogP contribution in [-0.4, -0.2) is 23.7 Å². The van der Waals surface area contributed by atoms with Crippen molar-refractivity contribution < 1.29 is 9.47 Å². The van der Waals surface area contributed by atoms with E-state index in [0.717, 1.165) is 48.0 Å². The summed E-state index contributed by atoms with van der Waals surface area (Å²) in [4.78, 5) is 9.00. The molecule has 0 radical (unpaired) electrons. The van der Waals surface area contributed by atoms with E-state index in [1.807, 2.05) is 32.2 Å². The second kappa shape index (κ2) is 5.72. The lowest BCUT2D eigenvalue weighted by Gasteiger charge is -2.25. The van der Waals surface area contributed by atoms with Crippen LogP contribution in [0.25, 0.3) is 0 Å². The SMILES string of the molecule is COc1ccc2c(c1)OC[C@@H](Cc1nc(C)cnc1C)C2. The van der Waals surface area contributed by atoms with Gasteiger partial charge in [-0.15, -0.1) is 0 Å². The number of fused-ring (bicyclic) bond motifs is 1. The highest BCUT2D eigenvalue weighted by Crippen LogP contribution is 2.32. The van der Waals surface area contributed by atoms with Crippen LogP contribution in [0.1, 0.15) is 22.6 Å². The summed E-state index contributed by atoms with van der Waals surface area (Å²) in [7, 11) is 1.67. The number of hydrogen-bond acceptors (Lipinski definition) is 4. The van der Waals surface area contributed by atoms with Crippen LogP contribution in [0.15, 0.2) is 24.4 Å². The number of nitrogens with zero attached hydrogens (tertiary/aromatic N) is 2.